The first-order valence-corrected chi connectivity index (χ1v) is 7.05. The van der Waals surface area contributed by atoms with Crippen LogP contribution >= 0.6 is 0 Å². The van der Waals surface area contributed by atoms with Crippen molar-refractivity contribution in [3.05, 3.63) is 29.6 Å². The van der Waals surface area contributed by atoms with E-state index >= 15 is 0 Å². The highest BCUT2D eigenvalue weighted by molar-refractivity contribution is 5.37. The summed E-state index contributed by atoms with van der Waals surface area (Å²) in [6.45, 7) is 3.64. The number of hydrogen-bond donors (Lipinski definition) is 1. The Morgan fingerprint density at radius 2 is 2.37 bits per heavy atom. The van der Waals surface area contributed by atoms with E-state index in [4.69, 9.17) is 9.47 Å². The summed E-state index contributed by atoms with van der Waals surface area (Å²) in [5.41, 5.74) is 0.952. The maximum absolute atomic E-state index is 13.1. The molecule has 0 aromatic heterocycles. The molecular weight excluding hydrogens is 245 g/mol. The van der Waals surface area contributed by atoms with E-state index in [9.17, 15) is 4.39 Å². The van der Waals surface area contributed by atoms with Gasteiger partial charge in [0.1, 0.15) is 17.7 Å². The maximum atomic E-state index is 13.1. The minimum absolute atomic E-state index is 0.0403. The van der Waals surface area contributed by atoms with Gasteiger partial charge in [-0.2, -0.15) is 0 Å². The standard InChI is InChI=1S/C15H20FNO2/c16-13-1-2-15-12(7-13)8-14(19-15)10-18-6-4-11-3-5-17-9-11/h1-2,7,11,14,17H,3-6,8-10H2. The second-order valence-corrected chi connectivity index (χ2v) is 5.42. The van der Waals surface area contributed by atoms with Crippen molar-refractivity contribution < 1.29 is 13.9 Å². The van der Waals surface area contributed by atoms with E-state index < -0.39 is 0 Å². The van der Waals surface area contributed by atoms with Crippen molar-refractivity contribution in [2.24, 2.45) is 5.92 Å². The lowest BCUT2D eigenvalue weighted by Crippen LogP contribution is -2.21. The minimum atomic E-state index is -0.197. The fourth-order valence-corrected chi connectivity index (χ4v) is 2.81. The smallest absolute Gasteiger partial charge is 0.126 e. The summed E-state index contributed by atoms with van der Waals surface area (Å²) in [7, 11) is 0. The molecule has 2 heterocycles. The SMILES string of the molecule is Fc1ccc2c(c1)CC(COCCC1CCNC1)O2. The molecule has 104 valence electrons. The highest BCUT2D eigenvalue weighted by Crippen LogP contribution is 2.29. The fraction of sp³-hybridized carbons (Fsp3) is 0.600. The summed E-state index contributed by atoms with van der Waals surface area (Å²) in [5.74, 6) is 1.36. The second kappa shape index (κ2) is 5.88. The summed E-state index contributed by atoms with van der Waals surface area (Å²) in [6.07, 6.45) is 3.16. The van der Waals surface area contributed by atoms with E-state index in [1.54, 1.807) is 12.1 Å². The number of ether oxygens (including phenoxy) is 2. The molecule has 4 heteroatoms. The Bertz CT molecular complexity index is 432. The lowest BCUT2D eigenvalue weighted by Gasteiger charge is -2.12. The lowest BCUT2D eigenvalue weighted by atomic mass is 10.1. The van der Waals surface area contributed by atoms with Crippen molar-refractivity contribution in [1.82, 2.24) is 5.32 Å². The molecule has 1 saturated heterocycles. The molecule has 2 aliphatic heterocycles. The molecular formula is C15H20FNO2. The van der Waals surface area contributed by atoms with E-state index in [0.717, 1.165) is 49.8 Å². The van der Waals surface area contributed by atoms with Gasteiger partial charge < -0.3 is 14.8 Å². The molecule has 2 atom stereocenters. The molecule has 1 aromatic rings. The predicted octanol–water partition coefficient (Wildman–Crippen LogP) is 2.15. The molecule has 0 spiro atoms. The summed E-state index contributed by atoms with van der Waals surface area (Å²) in [5, 5.41) is 3.36. The number of halogens is 1. The van der Waals surface area contributed by atoms with Gasteiger partial charge >= 0.3 is 0 Å². The normalized spacial score (nSPS) is 25.3. The van der Waals surface area contributed by atoms with Gasteiger partial charge in [0.2, 0.25) is 0 Å². The molecule has 3 nitrogen and oxygen atoms in total. The molecule has 2 unspecified atom stereocenters. The molecule has 1 fully saturated rings. The van der Waals surface area contributed by atoms with Crippen LogP contribution in [0.4, 0.5) is 4.39 Å². The largest absolute Gasteiger partial charge is 0.487 e. The Labute approximate surface area is 113 Å². The summed E-state index contributed by atoms with van der Waals surface area (Å²) in [6, 6.07) is 4.70. The van der Waals surface area contributed by atoms with Gasteiger partial charge in [0.15, 0.2) is 0 Å². The first-order valence-electron chi connectivity index (χ1n) is 7.05. The van der Waals surface area contributed by atoms with Crippen LogP contribution in [0.1, 0.15) is 18.4 Å². The van der Waals surface area contributed by atoms with Crippen LogP contribution in [0.25, 0.3) is 0 Å². The Balaban J connectivity index is 1.38. The van der Waals surface area contributed by atoms with Crippen molar-refractivity contribution in [3.63, 3.8) is 0 Å². The molecule has 0 aliphatic carbocycles. The molecule has 0 radical (unpaired) electrons. The van der Waals surface area contributed by atoms with Crippen LogP contribution < -0.4 is 10.1 Å². The Morgan fingerprint density at radius 1 is 1.42 bits per heavy atom. The molecule has 0 bridgehead atoms. The average molecular weight is 265 g/mol. The van der Waals surface area contributed by atoms with Gasteiger partial charge in [0.25, 0.3) is 0 Å². The number of rotatable bonds is 5. The van der Waals surface area contributed by atoms with Crippen LogP contribution in [0.5, 0.6) is 5.75 Å². The van der Waals surface area contributed by atoms with Gasteiger partial charge in [-0.1, -0.05) is 0 Å². The third-order valence-electron chi connectivity index (χ3n) is 3.90. The van der Waals surface area contributed by atoms with Crippen LogP contribution in [0.3, 0.4) is 0 Å². The number of fused-ring (bicyclic) bond motifs is 1. The van der Waals surface area contributed by atoms with Gasteiger partial charge in [-0.15, -0.1) is 0 Å². The van der Waals surface area contributed by atoms with E-state index in [1.165, 1.54) is 12.5 Å². The minimum Gasteiger partial charge on any atom is -0.487 e. The highest BCUT2D eigenvalue weighted by Gasteiger charge is 2.23. The average Bonchev–Trinajstić information content (AvgIpc) is 3.02. The third kappa shape index (κ3) is 3.25. The van der Waals surface area contributed by atoms with Gasteiger partial charge in [0, 0.05) is 18.6 Å². The van der Waals surface area contributed by atoms with Crippen molar-refractivity contribution >= 4 is 0 Å². The molecule has 1 N–H and O–H groups in total. The molecule has 0 saturated carbocycles. The Hall–Kier alpha value is -1.13. The van der Waals surface area contributed by atoms with Crippen LogP contribution in [0.15, 0.2) is 18.2 Å². The molecule has 3 rings (SSSR count). The van der Waals surface area contributed by atoms with E-state index in [0.29, 0.717) is 6.61 Å². The number of nitrogens with one attached hydrogen (secondary N) is 1. The van der Waals surface area contributed by atoms with Gasteiger partial charge in [-0.05, 0) is 50.0 Å². The first kappa shape index (κ1) is 12.9. The second-order valence-electron chi connectivity index (χ2n) is 5.42. The Morgan fingerprint density at radius 3 is 3.21 bits per heavy atom. The van der Waals surface area contributed by atoms with Crippen LogP contribution in [0.2, 0.25) is 0 Å². The van der Waals surface area contributed by atoms with Gasteiger partial charge in [-0.3, -0.25) is 0 Å². The number of hydrogen-bond acceptors (Lipinski definition) is 3. The van der Waals surface area contributed by atoms with E-state index in [1.807, 2.05) is 0 Å². The quantitative estimate of drug-likeness (QED) is 0.827. The molecule has 2 aliphatic rings. The van der Waals surface area contributed by atoms with Crippen molar-refractivity contribution in [3.8, 4) is 5.75 Å². The Kier molecular flexibility index (Phi) is 3.99. The summed E-state index contributed by atoms with van der Waals surface area (Å²) < 4.78 is 24.5. The van der Waals surface area contributed by atoms with Crippen LogP contribution in [0, 0.1) is 11.7 Å². The van der Waals surface area contributed by atoms with Gasteiger partial charge in [0.05, 0.1) is 6.61 Å². The van der Waals surface area contributed by atoms with Crippen molar-refractivity contribution in [2.75, 3.05) is 26.3 Å². The fourth-order valence-electron chi connectivity index (χ4n) is 2.81. The lowest BCUT2D eigenvalue weighted by molar-refractivity contribution is 0.0545. The zero-order chi connectivity index (χ0) is 13.1. The molecule has 1 aromatic carbocycles. The monoisotopic (exact) mass is 265 g/mol. The summed E-state index contributed by atoms with van der Waals surface area (Å²) in [4.78, 5) is 0. The topological polar surface area (TPSA) is 30.5 Å². The zero-order valence-electron chi connectivity index (χ0n) is 11.0. The number of benzene rings is 1. The molecule has 0 amide bonds. The van der Waals surface area contributed by atoms with E-state index in [2.05, 4.69) is 5.32 Å². The highest BCUT2D eigenvalue weighted by atomic mass is 19.1. The van der Waals surface area contributed by atoms with E-state index in [-0.39, 0.29) is 11.9 Å². The first-order chi connectivity index (χ1) is 9.31. The predicted molar refractivity (Wildman–Crippen MR) is 70.9 cm³/mol. The van der Waals surface area contributed by atoms with Gasteiger partial charge in [-0.25, -0.2) is 4.39 Å². The van der Waals surface area contributed by atoms with Crippen molar-refractivity contribution in [2.45, 2.75) is 25.4 Å². The zero-order valence-corrected chi connectivity index (χ0v) is 11.0. The third-order valence-corrected chi connectivity index (χ3v) is 3.90. The molecule has 19 heavy (non-hydrogen) atoms. The van der Waals surface area contributed by atoms with Crippen molar-refractivity contribution in [1.29, 1.82) is 0 Å². The van der Waals surface area contributed by atoms with Crippen LogP contribution in [-0.4, -0.2) is 32.4 Å². The summed E-state index contributed by atoms with van der Waals surface area (Å²) >= 11 is 0. The maximum Gasteiger partial charge on any atom is 0.126 e. The van der Waals surface area contributed by atoms with Crippen LogP contribution in [-0.2, 0) is 11.2 Å².